The zero-order valence-electron chi connectivity index (χ0n) is 11.3. The Labute approximate surface area is 118 Å². The number of nitrogens with zero attached hydrogens (tertiary/aromatic N) is 1. The van der Waals surface area contributed by atoms with E-state index in [4.69, 9.17) is 10.5 Å². The first-order valence-electron chi connectivity index (χ1n) is 6.06. The molecule has 0 amide bonds. The number of hydrogen-bond donors (Lipinski definition) is 1. The molecule has 2 rings (SSSR count). The van der Waals surface area contributed by atoms with Crippen molar-refractivity contribution in [3.8, 4) is 11.5 Å². The second-order valence-electron chi connectivity index (χ2n) is 4.56. The average molecular weight is 292 g/mol. The van der Waals surface area contributed by atoms with Crippen LogP contribution in [-0.4, -0.2) is 19.7 Å². The molecule has 6 heteroatoms. The molecule has 1 heterocycles. The summed E-state index contributed by atoms with van der Waals surface area (Å²) in [6, 6.07) is 9.72. The van der Waals surface area contributed by atoms with E-state index in [2.05, 4.69) is 4.98 Å². The molecule has 20 heavy (non-hydrogen) atoms. The summed E-state index contributed by atoms with van der Waals surface area (Å²) in [5.74, 6) is 0.975. The highest BCUT2D eigenvalue weighted by Gasteiger charge is 2.08. The Kier molecular flexibility index (Phi) is 4.06. The molecule has 0 spiro atoms. The van der Waals surface area contributed by atoms with E-state index in [1.54, 1.807) is 30.5 Å². The van der Waals surface area contributed by atoms with Crippen LogP contribution in [0.15, 0.2) is 47.5 Å². The molecule has 0 saturated carbocycles. The molecular formula is C14H16N2O3S. The topological polar surface area (TPSA) is 82.3 Å². The molecule has 0 saturated heterocycles. The predicted molar refractivity (Wildman–Crippen MR) is 76.5 cm³/mol. The van der Waals surface area contributed by atoms with Gasteiger partial charge in [0.2, 0.25) is 0 Å². The Morgan fingerprint density at radius 2 is 1.95 bits per heavy atom. The zero-order valence-corrected chi connectivity index (χ0v) is 12.1. The van der Waals surface area contributed by atoms with Gasteiger partial charge in [-0.15, -0.1) is 0 Å². The van der Waals surface area contributed by atoms with Crippen LogP contribution >= 0.6 is 0 Å². The van der Waals surface area contributed by atoms with Gasteiger partial charge in [-0.2, -0.15) is 0 Å². The maximum absolute atomic E-state index is 11.5. The van der Waals surface area contributed by atoms with Gasteiger partial charge in [0.15, 0.2) is 9.84 Å². The molecule has 106 valence electrons. The van der Waals surface area contributed by atoms with Crippen LogP contribution in [0.3, 0.4) is 0 Å². The molecule has 0 radical (unpaired) electrons. The van der Waals surface area contributed by atoms with Crippen molar-refractivity contribution in [1.29, 1.82) is 0 Å². The van der Waals surface area contributed by atoms with Crippen LogP contribution in [0.25, 0.3) is 0 Å². The number of nitrogens with two attached hydrogens (primary N) is 1. The molecule has 0 aliphatic carbocycles. The molecule has 0 aliphatic rings. The van der Waals surface area contributed by atoms with E-state index >= 15 is 0 Å². The third-order valence-electron chi connectivity index (χ3n) is 2.70. The summed E-state index contributed by atoms with van der Waals surface area (Å²) in [6.07, 6.45) is 2.72. The third-order valence-corrected chi connectivity index (χ3v) is 3.81. The van der Waals surface area contributed by atoms with Gasteiger partial charge in [-0.3, -0.25) is 4.98 Å². The van der Waals surface area contributed by atoms with Crippen molar-refractivity contribution in [2.24, 2.45) is 5.73 Å². The van der Waals surface area contributed by atoms with E-state index in [1.807, 2.05) is 6.92 Å². The van der Waals surface area contributed by atoms with Crippen molar-refractivity contribution in [1.82, 2.24) is 4.98 Å². The fourth-order valence-corrected chi connectivity index (χ4v) is 2.28. The van der Waals surface area contributed by atoms with Gasteiger partial charge in [-0.25, -0.2) is 8.42 Å². The van der Waals surface area contributed by atoms with E-state index in [0.29, 0.717) is 11.5 Å². The van der Waals surface area contributed by atoms with E-state index in [1.165, 1.54) is 12.1 Å². The molecule has 0 fully saturated rings. The minimum absolute atomic E-state index is 0.141. The van der Waals surface area contributed by atoms with Gasteiger partial charge < -0.3 is 10.5 Å². The molecule has 5 nitrogen and oxygen atoms in total. The first kappa shape index (κ1) is 14.5. The monoisotopic (exact) mass is 292 g/mol. The van der Waals surface area contributed by atoms with Crippen LogP contribution in [0.1, 0.15) is 18.7 Å². The Hall–Kier alpha value is -1.92. The Morgan fingerprint density at radius 1 is 1.20 bits per heavy atom. The third kappa shape index (κ3) is 3.55. The minimum atomic E-state index is -3.25. The fourth-order valence-electron chi connectivity index (χ4n) is 1.63. The number of benzene rings is 1. The van der Waals surface area contributed by atoms with Gasteiger partial charge in [0.25, 0.3) is 0 Å². The number of hydrogen-bond acceptors (Lipinski definition) is 5. The highest BCUT2D eigenvalue weighted by atomic mass is 32.2. The standard InChI is InChI=1S/C14H16N2O3S/c1-10(15)14-7-6-12(9-16-14)19-11-4-3-5-13(8-11)20(2,17)18/h3-10H,15H2,1-2H3. The number of ether oxygens (including phenoxy) is 1. The summed E-state index contributed by atoms with van der Waals surface area (Å²) in [5, 5.41) is 0. The summed E-state index contributed by atoms with van der Waals surface area (Å²) in [5.41, 5.74) is 6.48. The van der Waals surface area contributed by atoms with Gasteiger partial charge in [0, 0.05) is 12.3 Å². The molecule has 2 N–H and O–H groups in total. The molecule has 1 unspecified atom stereocenters. The normalized spacial score (nSPS) is 12.9. The summed E-state index contributed by atoms with van der Waals surface area (Å²) in [6.45, 7) is 1.85. The highest BCUT2D eigenvalue weighted by molar-refractivity contribution is 7.90. The lowest BCUT2D eigenvalue weighted by Crippen LogP contribution is -2.06. The number of rotatable bonds is 4. The van der Waals surface area contributed by atoms with Gasteiger partial charge in [0.05, 0.1) is 16.8 Å². The van der Waals surface area contributed by atoms with Gasteiger partial charge in [-0.1, -0.05) is 6.07 Å². The lowest BCUT2D eigenvalue weighted by Gasteiger charge is -2.08. The van der Waals surface area contributed by atoms with E-state index in [-0.39, 0.29) is 10.9 Å². The van der Waals surface area contributed by atoms with Crippen molar-refractivity contribution >= 4 is 9.84 Å². The van der Waals surface area contributed by atoms with Crippen LogP contribution in [0.2, 0.25) is 0 Å². The Balaban J connectivity index is 2.22. The zero-order chi connectivity index (χ0) is 14.8. The predicted octanol–water partition coefficient (Wildman–Crippen LogP) is 2.30. The van der Waals surface area contributed by atoms with Crippen molar-refractivity contribution in [3.63, 3.8) is 0 Å². The number of aromatic nitrogens is 1. The summed E-state index contributed by atoms with van der Waals surface area (Å²) < 4.78 is 28.5. The summed E-state index contributed by atoms with van der Waals surface area (Å²) in [7, 11) is -3.25. The van der Waals surface area contributed by atoms with Gasteiger partial charge >= 0.3 is 0 Å². The first-order chi connectivity index (χ1) is 9.36. The maximum atomic E-state index is 11.5. The Bertz CT molecular complexity index is 695. The summed E-state index contributed by atoms with van der Waals surface area (Å²) in [4.78, 5) is 4.40. The molecule has 1 aromatic carbocycles. The number of sulfone groups is 1. The van der Waals surface area contributed by atoms with Crippen LogP contribution in [-0.2, 0) is 9.84 Å². The second kappa shape index (κ2) is 5.60. The maximum Gasteiger partial charge on any atom is 0.175 e. The molecule has 0 aliphatic heterocycles. The van der Waals surface area contributed by atoms with Crippen LogP contribution in [0.5, 0.6) is 11.5 Å². The number of pyridine rings is 1. The summed E-state index contributed by atoms with van der Waals surface area (Å²) >= 11 is 0. The van der Waals surface area contributed by atoms with Crippen LogP contribution < -0.4 is 10.5 Å². The molecule has 1 atom stereocenters. The van der Waals surface area contributed by atoms with E-state index in [0.717, 1.165) is 11.9 Å². The fraction of sp³-hybridized carbons (Fsp3) is 0.214. The minimum Gasteiger partial charge on any atom is -0.456 e. The van der Waals surface area contributed by atoms with E-state index < -0.39 is 9.84 Å². The van der Waals surface area contributed by atoms with Gasteiger partial charge in [-0.05, 0) is 37.3 Å². The van der Waals surface area contributed by atoms with Gasteiger partial charge in [0.1, 0.15) is 11.5 Å². The Morgan fingerprint density at radius 3 is 2.50 bits per heavy atom. The van der Waals surface area contributed by atoms with Crippen molar-refractivity contribution < 1.29 is 13.2 Å². The van der Waals surface area contributed by atoms with Crippen molar-refractivity contribution in [2.75, 3.05) is 6.26 Å². The van der Waals surface area contributed by atoms with Crippen molar-refractivity contribution in [2.45, 2.75) is 17.9 Å². The van der Waals surface area contributed by atoms with E-state index in [9.17, 15) is 8.42 Å². The molecule has 2 aromatic rings. The first-order valence-corrected chi connectivity index (χ1v) is 7.95. The lowest BCUT2D eigenvalue weighted by atomic mass is 10.2. The second-order valence-corrected chi connectivity index (χ2v) is 6.57. The quantitative estimate of drug-likeness (QED) is 0.935. The molecule has 1 aromatic heterocycles. The van der Waals surface area contributed by atoms with Crippen LogP contribution in [0, 0.1) is 0 Å². The highest BCUT2D eigenvalue weighted by Crippen LogP contribution is 2.24. The molecule has 0 bridgehead atoms. The average Bonchev–Trinajstić information content (AvgIpc) is 2.38. The van der Waals surface area contributed by atoms with Crippen molar-refractivity contribution in [3.05, 3.63) is 48.3 Å². The van der Waals surface area contributed by atoms with Crippen LogP contribution in [0.4, 0.5) is 0 Å². The molecular weight excluding hydrogens is 276 g/mol. The SMILES string of the molecule is CC(N)c1ccc(Oc2cccc(S(C)(=O)=O)c2)cn1. The largest absolute Gasteiger partial charge is 0.456 e. The lowest BCUT2D eigenvalue weighted by molar-refractivity contribution is 0.477. The smallest absolute Gasteiger partial charge is 0.175 e.